The van der Waals surface area contributed by atoms with Crippen LogP contribution in [0.2, 0.25) is 0 Å². The highest BCUT2D eigenvalue weighted by Crippen LogP contribution is 2.39. The first-order valence-electron chi connectivity index (χ1n) is 6.98. The van der Waals surface area contributed by atoms with Crippen LogP contribution in [-0.4, -0.2) is 35.7 Å². The van der Waals surface area contributed by atoms with Crippen molar-refractivity contribution in [3.63, 3.8) is 0 Å². The fourth-order valence-corrected chi connectivity index (χ4v) is 3.50. The minimum atomic E-state index is 0.354. The highest BCUT2D eigenvalue weighted by Gasteiger charge is 2.37. The van der Waals surface area contributed by atoms with Gasteiger partial charge in [-0.05, 0) is 43.6 Å². The molecule has 0 bridgehead atoms. The van der Waals surface area contributed by atoms with Gasteiger partial charge in [-0.2, -0.15) is 0 Å². The molecule has 1 saturated heterocycles. The molecule has 16 heavy (non-hydrogen) atoms. The van der Waals surface area contributed by atoms with E-state index in [1.54, 1.807) is 0 Å². The second-order valence-corrected chi connectivity index (χ2v) is 6.38. The summed E-state index contributed by atoms with van der Waals surface area (Å²) in [6.07, 6.45) is 7.95. The quantitative estimate of drug-likeness (QED) is 0.798. The lowest BCUT2D eigenvalue weighted by Crippen LogP contribution is -2.48. The average molecular weight is 225 g/mol. The van der Waals surface area contributed by atoms with Gasteiger partial charge in [0.15, 0.2) is 0 Å². The Balaban J connectivity index is 1.94. The van der Waals surface area contributed by atoms with Crippen LogP contribution in [0, 0.1) is 11.3 Å². The first-order chi connectivity index (χ1) is 7.63. The normalized spacial score (nSPS) is 32.1. The van der Waals surface area contributed by atoms with Gasteiger partial charge in [-0.3, -0.25) is 0 Å². The summed E-state index contributed by atoms with van der Waals surface area (Å²) in [6, 6.07) is 0.859. The molecule has 1 atom stereocenters. The Morgan fingerprint density at radius 1 is 1.25 bits per heavy atom. The third-order valence-corrected chi connectivity index (χ3v) is 4.92. The molecule has 0 aromatic heterocycles. The van der Waals surface area contributed by atoms with E-state index in [0.29, 0.717) is 17.9 Å². The van der Waals surface area contributed by atoms with E-state index in [9.17, 15) is 5.11 Å². The van der Waals surface area contributed by atoms with E-state index in [1.807, 2.05) is 0 Å². The molecule has 2 fully saturated rings. The van der Waals surface area contributed by atoms with Crippen LogP contribution in [0.15, 0.2) is 0 Å². The number of rotatable bonds is 3. The summed E-state index contributed by atoms with van der Waals surface area (Å²) in [4.78, 5) is 2.71. The zero-order valence-corrected chi connectivity index (χ0v) is 10.9. The van der Waals surface area contributed by atoms with Gasteiger partial charge in [0.25, 0.3) is 0 Å². The van der Waals surface area contributed by atoms with Crippen LogP contribution in [0.5, 0.6) is 0 Å². The largest absolute Gasteiger partial charge is 0.396 e. The smallest absolute Gasteiger partial charge is 0.0434 e. The van der Waals surface area contributed by atoms with Crippen LogP contribution in [0.4, 0.5) is 0 Å². The predicted octanol–water partition coefficient (Wildman–Crippen LogP) is 2.66. The average Bonchev–Trinajstić information content (AvgIpc) is 2.74. The Kier molecular flexibility index (Phi) is 3.91. The lowest BCUT2D eigenvalue weighted by Gasteiger charge is -2.46. The molecule has 2 rings (SSSR count). The third-order valence-electron chi connectivity index (χ3n) is 4.92. The molecule has 2 heteroatoms. The van der Waals surface area contributed by atoms with Crippen molar-refractivity contribution >= 4 is 0 Å². The molecule has 1 N–H and O–H groups in total. The molecule has 94 valence electrons. The molecule has 0 aromatic rings. The van der Waals surface area contributed by atoms with E-state index in [2.05, 4.69) is 18.7 Å². The molecule has 0 spiro atoms. The summed E-state index contributed by atoms with van der Waals surface area (Å²) in [5.74, 6) is 0.687. The number of piperidine rings is 1. The van der Waals surface area contributed by atoms with Crippen LogP contribution in [0.25, 0.3) is 0 Å². The maximum absolute atomic E-state index is 9.18. The predicted molar refractivity (Wildman–Crippen MR) is 67.4 cm³/mol. The second-order valence-electron chi connectivity index (χ2n) is 6.38. The van der Waals surface area contributed by atoms with Gasteiger partial charge in [-0.1, -0.05) is 26.7 Å². The van der Waals surface area contributed by atoms with Gasteiger partial charge in [-0.25, -0.2) is 0 Å². The molecular weight excluding hydrogens is 198 g/mol. The Bertz CT molecular complexity index is 221. The molecule has 0 radical (unpaired) electrons. The van der Waals surface area contributed by atoms with Crippen molar-refractivity contribution in [1.29, 1.82) is 0 Å². The summed E-state index contributed by atoms with van der Waals surface area (Å²) in [5, 5.41) is 9.18. The van der Waals surface area contributed by atoms with Crippen molar-refractivity contribution in [1.82, 2.24) is 4.90 Å². The van der Waals surface area contributed by atoms with Crippen molar-refractivity contribution in [2.24, 2.45) is 11.3 Å². The Morgan fingerprint density at radius 2 is 1.94 bits per heavy atom. The van der Waals surface area contributed by atoms with Crippen molar-refractivity contribution in [2.45, 2.75) is 58.4 Å². The topological polar surface area (TPSA) is 23.5 Å². The van der Waals surface area contributed by atoms with Crippen LogP contribution >= 0.6 is 0 Å². The SMILES string of the molecule is CC1(C)CCN(C2CCCC2)CC1CCO. The van der Waals surface area contributed by atoms with E-state index in [1.165, 1.54) is 45.2 Å². The minimum Gasteiger partial charge on any atom is -0.396 e. The maximum Gasteiger partial charge on any atom is 0.0434 e. The van der Waals surface area contributed by atoms with Crippen molar-refractivity contribution in [3.05, 3.63) is 0 Å². The monoisotopic (exact) mass is 225 g/mol. The molecule has 1 saturated carbocycles. The number of aliphatic hydroxyl groups excluding tert-OH is 1. The number of hydrogen-bond acceptors (Lipinski definition) is 2. The van der Waals surface area contributed by atoms with Crippen molar-refractivity contribution < 1.29 is 5.11 Å². The van der Waals surface area contributed by atoms with E-state index >= 15 is 0 Å². The van der Waals surface area contributed by atoms with Gasteiger partial charge >= 0.3 is 0 Å². The van der Waals surface area contributed by atoms with E-state index in [-0.39, 0.29) is 0 Å². The molecule has 2 nitrogen and oxygen atoms in total. The van der Waals surface area contributed by atoms with E-state index in [4.69, 9.17) is 0 Å². The molecular formula is C14H27NO. The highest BCUT2D eigenvalue weighted by molar-refractivity contribution is 4.90. The number of hydrogen-bond donors (Lipinski definition) is 1. The lowest BCUT2D eigenvalue weighted by atomic mass is 9.71. The fraction of sp³-hybridized carbons (Fsp3) is 1.00. The molecule has 1 aliphatic carbocycles. The fourth-order valence-electron chi connectivity index (χ4n) is 3.50. The summed E-state index contributed by atoms with van der Waals surface area (Å²) >= 11 is 0. The Labute approximate surface area is 100 Å². The second kappa shape index (κ2) is 5.05. The van der Waals surface area contributed by atoms with E-state index in [0.717, 1.165) is 12.5 Å². The molecule has 1 heterocycles. The van der Waals surface area contributed by atoms with Crippen LogP contribution in [0.3, 0.4) is 0 Å². The van der Waals surface area contributed by atoms with E-state index < -0.39 is 0 Å². The number of aliphatic hydroxyl groups is 1. The standard InChI is InChI=1S/C14H27NO/c1-14(2)8-9-15(11-12(14)7-10-16)13-5-3-4-6-13/h12-13,16H,3-11H2,1-2H3. The molecule has 0 amide bonds. The van der Waals surface area contributed by atoms with Gasteiger partial charge in [0.1, 0.15) is 0 Å². The van der Waals surface area contributed by atoms with Gasteiger partial charge in [0.05, 0.1) is 0 Å². The molecule has 1 aliphatic heterocycles. The van der Waals surface area contributed by atoms with Gasteiger partial charge in [-0.15, -0.1) is 0 Å². The number of nitrogens with zero attached hydrogens (tertiary/aromatic N) is 1. The summed E-state index contributed by atoms with van der Waals surface area (Å²) in [5.41, 5.74) is 0.428. The van der Waals surface area contributed by atoms with Crippen LogP contribution < -0.4 is 0 Å². The maximum atomic E-state index is 9.18. The van der Waals surface area contributed by atoms with Crippen LogP contribution in [0.1, 0.15) is 52.4 Å². The Morgan fingerprint density at radius 3 is 2.56 bits per heavy atom. The summed E-state index contributed by atoms with van der Waals surface area (Å²) in [7, 11) is 0. The minimum absolute atomic E-state index is 0.354. The lowest BCUT2D eigenvalue weighted by molar-refractivity contribution is 0.0224. The van der Waals surface area contributed by atoms with Crippen molar-refractivity contribution in [2.75, 3.05) is 19.7 Å². The third kappa shape index (κ3) is 2.60. The summed E-state index contributed by atoms with van der Waals surface area (Å²) in [6.45, 7) is 7.60. The van der Waals surface area contributed by atoms with Gasteiger partial charge in [0, 0.05) is 19.2 Å². The van der Waals surface area contributed by atoms with Gasteiger partial charge < -0.3 is 10.0 Å². The molecule has 0 aromatic carbocycles. The Hall–Kier alpha value is -0.0800. The first-order valence-corrected chi connectivity index (χ1v) is 6.98. The number of likely N-dealkylation sites (tertiary alicyclic amines) is 1. The molecule has 1 unspecified atom stereocenters. The zero-order valence-electron chi connectivity index (χ0n) is 10.9. The molecule has 2 aliphatic rings. The highest BCUT2D eigenvalue weighted by atomic mass is 16.3. The van der Waals surface area contributed by atoms with Gasteiger partial charge in [0.2, 0.25) is 0 Å². The summed E-state index contributed by atoms with van der Waals surface area (Å²) < 4.78 is 0. The van der Waals surface area contributed by atoms with Crippen molar-refractivity contribution in [3.8, 4) is 0 Å². The first kappa shape index (κ1) is 12.4. The van der Waals surface area contributed by atoms with Crippen LogP contribution in [-0.2, 0) is 0 Å². The zero-order chi connectivity index (χ0) is 11.6.